The van der Waals surface area contributed by atoms with Crippen LogP contribution in [0.25, 0.3) is 0 Å². The lowest BCUT2D eigenvalue weighted by molar-refractivity contribution is 0.462. The number of rotatable bonds is 3. The molecule has 0 aliphatic carbocycles. The second kappa shape index (κ2) is 4.81. The van der Waals surface area contributed by atoms with Gasteiger partial charge in [-0.2, -0.15) is 0 Å². The zero-order valence-corrected chi connectivity index (χ0v) is 10.6. The molecule has 1 unspecified atom stereocenters. The van der Waals surface area contributed by atoms with E-state index in [1.165, 1.54) is 9.13 Å². The predicted octanol–water partition coefficient (Wildman–Crippen LogP) is 3.19. The molecule has 0 amide bonds. The van der Waals surface area contributed by atoms with Crippen molar-refractivity contribution in [1.29, 1.82) is 0 Å². The van der Waals surface area contributed by atoms with Crippen molar-refractivity contribution in [2.45, 2.75) is 6.04 Å². The van der Waals surface area contributed by atoms with Gasteiger partial charge in [0.2, 0.25) is 0 Å². The summed E-state index contributed by atoms with van der Waals surface area (Å²) in [6, 6.07) is 12.3. The maximum atomic E-state index is 5.43. The minimum absolute atomic E-state index is 0.132. The third kappa shape index (κ3) is 2.23. The van der Waals surface area contributed by atoms with Gasteiger partial charge in [-0.1, -0.05) is 18.2 Å². The summed E-state index contributed by atoms with van der Waals surface area (Å²) in [4.78, 5) is 0. The Hall–Kier alpha value is -0.810. The van der Waals surface area contributed by atoms with Crippen LogP contribution in [-0.4, -0.2) is 7.05 Å². The Balaban J connectivity index is 2.40. The highest BCUT2D eigenvalue weighted by atomic mass is 127. The zero-order chi connectivity index (χ0) is 10.7. The number of hydrogen-bond donors (Lipinski definition) is 1. The Morgan fingerprint density at radius 2 is 2.00 bits per heavy atom. The average molecular weight is 313 g/mol. The predicted molar refractivity (Wildman–Crippen MR) is 68.8 cm³/mol. The first-order valence-electron chi connectivity index (χ1n) is 4.78. The Morgan fingerprint density at radius 1 is 1.20 bits per heavy atom. The minimum Gasteiger partial charge on any atom is -0.467 e. The maximum Gasteiger partial charge on any atom is 0.125 e. The fourth-order valence-corrected chi connectivity index (χ4v) is 2.31. The number of benzene rings is 1. The molecule has 1 aromatic carbocycles. The summed E-state index contributed by atoms with van der Waals surface area (Å²) >= 11 is 2.34. The van der Waals surface area contributed by atoms with E-state index in [0.29, 0.717) is 0 Å². The third-order valence-electron chi connectivity index (χ3n) is 2.33. The summed E-state index contributed by atoms with van der Waals surface area (Å²) < 4.78 is 6.67. The second-order valence-corrected chi connectivity index (χ2v) is 4.42. The molecule has 2 aromatic rings. The van der Waals surface area contributed by atoms with E-state index in [2.05, 4.69) is 40.0 Å². The van der Waals surface area contributed by atoms with Crippen LogP contribution in [0.3, 0.4) is 0 Å². The Kier molecular flexibility index (Phi) is 3.43. The molecule has 0 saturated heterocycles. The Bertz CT molecular complexity index is 425. The Morgan fingerprint density at radius 3 is 2.60 bits per heavy atom. The Labute approximate surface area is 103 Å². The molecule has 0 saturated carbocycles. The van der Waals surface area contributed by atoms with Crippen LogP contribution in [0, 0.1) is 3.57 Å². The molecule has 0 radical (unpaired) electrons. The molecule has 1 heterocycles. The first-order valence-corrected chi connectivity index (χ1v) is 5.86. The van der Waals surface area contributed by atoms with Crippen LogP contribution in [-0.2, 0) is 0 Å². The number of nitrogens with one attached hydrogen (secondary N) is 1. The van der Waals surface area contributed by atoms with E-state index < -0.39 is 0 Å². The number of furan rings is 1. The van der Waals surface area contributed by atoms with Crippen molar-refractivity contribution in [2.75, 3.05) is 7.05 Å². The maximum absolute atomic E-state index is 5.43. The molecule has 0 fully saturated rings. The third-order valence-corrected chi connectivity index (χ3v) is 3.32. The highest BCUT2D eigenvalue weighted by Gasteiger charge is 2.16. The summed E-state index contributed by atoms with van der Waals surface area (Å²) in [6.45, 7) is 0. The van der Waals surface area contributed by atoms with Gasteiger partial charge in [0.1, 0.15) is 5.76 Å². The molecule has 15 heavy (non-hydrogen) atoms. The van der Waals surface area contributed by atoms with E-state index in [9.17, 15) is 0 Å². The van der Waals surface area contributed by atoms with Gasteiger partial charge >= 0.3 is 0 Å². The van der Waals surface area contributed by atoms with Gasteiger partial charge in [0, 0.05) is 3.57 Å². The van der Waals surface area contributed by atoms with Crippen molar-refractivity contribution in [3.05, 3.63) is 57.6 Å². The highest BCUT2D eigenvalue weighted by molar-refractivity contribution is 14.1. The van der Waals surface area contributed by atoms with Gasteiger partial charge in [-0.25, -0.2) is 0 Å². The number of halogens is 1. The lowest BCUT2D eigenvalue weighted by Crippen LogP contribution is -2.17. The van der Waals surface area contributed by atoms with Gasteiger partial charge in [-0.3, -0.25) is 0 Å². The van der Waals surface area contributed by atoms with E-state index in [4.69, 9.17) is 4.42 Å². The van der Waals surface area contributed by atoms with Gasteiger partial charge in [0.25, 0.3) is 0 Å². The summed E-state index contributed by atoms with van der Waals surface area (Å²) in [5, 5.41) is 3.26. The van der Waals surface area contributed by atoms with Crippen LogP contribution in [0.15, 0.2) is 47.1 Å². The number of hydrogen-bond acceptors (Lipinski definition) is 2. The molecule has 2 rings (SSSR count). The fourth-order valence-electron chi connectivity index (χ4n) is 1.62. The van der Waals surface area contributed by atoms with Crippen molar-refractivity contribution in [1.82, 2.24) is 5.32 Å². The van der Waals surface area contributed by atoms with E-state index in [1.54, 1.807) is 6.26 Å². The van der Waals surface area contributed by atoms with Gasteiger partial charge in [0.15, 0.2) is 0 Å². The van der Waals surface area contributed by atoms with Gasteiger partial charge in [0.05, 0.1) is 12.3 Å². The van der Waals surface area contributed by atoms with Gasteiger partial charge < -0.3 is 9.73 Å². The summed E-state index contributed by atoms with van der Waals surface area (Å²) in [5.41, 5.74) is 1.25. The van der Waals surface area contributed by atoms with Crippen LogP contribution < -0.4 is 5.32 Å². The van der Waals surface area contributed by atoms with E-state index in [1.807, 2.05) is 31.3 Å². The van der Waals surface area contributed by atoms with Crippen LogP contribution in [0.5, 0.6) is 0 Å². The quantitative estimate of drug-likeness (QED) is 0.881. The molecule has 2 nitrogen and oxygen atoms in total. The standard InChI is InChI=1S/C12H12INO/c1-14-12(11-7-4-8-15-11)9-5-2-3-6-10(9)13/h2-8,12,14H,1H3. The first kappa shape index (κ1) is 10.7. The van der Waals surface area contributed by atoms with Gasteiger partial charge in [-0.15, -0.1) is 0 Å². The van der Waals surface area contributed by atoms with E-state index in [0.717, 1.165) is 5.76 Å². The van der Waals surface area contributed by atoms with Crippen molar-refractivity contribution >= 4 is 22.6 Å². The van der Waals surface area contributed by atoms with E-state index >= 15 is 0 Å². The molecule has 3 heteroatoms. The second-order valence-electron chi connectivity index (χ2n) is 3.26. The first-order chi connectivity index (χ1) is 7.33. The molecular formula is C12H12INO. The summed E-state index contributed by atoms with van der Waals surface area (Å²) in [5.74, 6) is 0.946. The minimum atomic E-state index is 0.132. The summed E-state index contributed by atoms with van der Waals surface area (Å²) in [7, 11) is 1.94. The molecule has 0 bridgehead atoms. The molecular weight excluding hydrogens is 301 g/mol. The largest absolute Gasteiger partial charge is 0.467 e. The van der Waals surface area contributed by atoms with Crippen molar-refractivity contribution in [3.63, 3.8) is 0 Å². The lowest BCUT2D eigenvalue weighted by atomic mass is 10.1. The molecule has 78 valence electrons. The van der Waals surface area contributed by atoms with Crippen LogP contribution >= 0.6 is 22.6 Å². The molecule has 1 atom stereocenters. The SMILES string of the molecule is CNC(c1ccco1)c1ccccc1I. The van der Waals surface area contributed by atoms with Crippen LogP contribution in [0.4, 0.5) is 0 Å². The van der Waals surface area contributed by atoms with Crippen LogP contribution in [0.2, 0.25) is 0 Å². The van der Waals surface area contributed by atoms with Gasteiger partial charge in [-0.05, 0) is 53.4 Å². The molecule has 0 aliphatic heterocycles. The van der Waals surface area contributed by atoms with Crippen molar-refractivity contribution < 1.29 is 4.42 Å². The highest BCUT2D eigenvalue weighted by Crippen LogP contribution is 2.25. The van der Waals surface area contributed by atoms with E-state index in [-0.39, 0.29) is 6.04 Å². The molecule has 1 N–H and O–H groups in total. The molecule has 0 spiro atoms. The zero-order valence-electron chi connectivity index (χ0n) is 8.41. The van der Waals surface area contributed by atoms with Crippen molar-refractivity contribution in [2.24, 2.45) is 0 Å². The normalized spacial score (nSPS) is 12.7. The van der Waals surface area contributed by atoms with Crippen LogP contribution in [0.1, 0.15) is 17.4 Å². The molecule has 0 aliphatic rings. The monoisotopic (exact) mass is 313 g/mol. The average Bonchev–Trinajstić information content (AvgIpc) is 2.75. The van der Waals surface area contributed by atoms with Crippen molar-refractivity contribution in [3.8, 4) is 0 Å². The fraction of sp³-hybridized carbons (Fsp3) is 0.167. The lowest BCUT2D eigenvalue weighted by Gasteiger charge is -2.15. The smallest absolute Gasteiger partial charge is 0.125 e. The molecule has 1 aromatic heterocycles. The topological polar surface area (TPSA) is 25.2 Å². The summed E-state index contributed by atoms with van der Waals surface area (Å²) in [6.07, 6.45) is 1.70.